The van der Waals surface area contributed by atoms with Crippen LogP contribution in [0.15, 0.2) is 12.3 Å². The van der Waals surface area contributed by atoms with Crippen LogP contribution in [0.4, 0.5) is 0 Å². The standard InChI is InChI=1S/C10H13NO2/c1-8(7-11)13-10(12)9-5-3-2-4-6-9/h9H,1-6H2. The summed E-state index contributed by atoms with van der Waals surface area (Å²) in [5, 5.41) is 8.36. The summed E-state index contributed by atoms with van der Waals surface area (Å²) in [6, 6.07) is 1.70. The molecule has 3 nitrogen and oxygen atoms in total. The van der Waals surface area contributed by atoms with Crippen molar-refractivity contribution in [2.75, 3.05) is 0 Å². The molecule has 1 aliphatic carbocycles. The third kappa shape index (κ3) is 2.90. The molecule has 0 amide bonds. The van der Waals surface area contributed by atoms with Crippen molar-refractivity contribution in [3.8, 4) is 6.07 Å². The van der Waals surface area contributed by atoms with Crippen LogP contribution >= 0.6 is 0 Å². The van der Waals surface area contributed by atoms with E-state index in [1.54, 1.807) is 6.07 Å². The molecule has 1 aliphatic rings. The average Bonchev–Trinajstić information content (AvgIpc) is 2.19. The molecule has 0 aromatic carbocycles. The van der Waals surface area contributed by atoms with Gasteiger partial charge in [0.15, 0.2) is 5.76 Å². The van der Waals surface area contributed by atoms with Crippen LogP contribution in [0.5, 0.6) is 0 Å². The fourth-order valence-electron chi connectivity index (χ4n) is 1.57. The van der Waals surface area contributed by atoms with Gasteiger partial charge in [-0.1, -0.05) is 19.3 Å². The minimum absolute atomic E-state index is 0.0150. The summed E-state index contributed by atoms with van der Waals surface area (Å²) in [4.78, 5) is 11.3. The lowest BCUT2D eigenvalue weighted by molar-refractivity contribution is -0.144. The van der Waals surface area contributed by atoms with E-state index >= 15 is 0 Å². The van der Waals surface area contributed by atoms with E-state index in [2.05, 4.69) is 6.58 Å². The topological polar surface area (TPSA) is 50.1 Å². The highest BCUT2D eigenvalue weighted by molar-refractivity contribution is 5.74. The van der Waals surface area contributed by atoms with Crippen molar-refractivity contribution in [2.45, 2.75) is 32.1 Å². The van der Waals surface area contributed by atoms with E-state index in [-0.39, 0.29) is 17.6 Å². The molecule has 1 fully saturated rings. The molecule has 13 heavy (non-hydrogen) atoms. The number of carbonyl (C=O) groups excluding carboxylic acids is 1. The first-order chi connectivity index (χ1) is 6.24. The van der Waals surface area contributed by atoms with Crippen LogP contribution in [-0.4, -0.2) is 5.97 Å². The molecule has 1 rings (SSSR count). The Hall–Kier alpha value is -1.30. The van der Waals surface area contributed by atoms with E-state index in [0.717, 1.165) is 25.7 Å². The number of ether oxygens (including phenoxy) is 1. The summed E-state index contributed by atoms with van der Waals surface area (Å²) < 4.78 is 4.74. The normalized spacial score (nSPS) is 17.5. The summed E-state index contributed by atoms with van der Waals surface area (Å²) in [6.07, 6.45) is 5.13. The Kier molecular flexibility index (Phi) is 3.51. The van der Waals surface area contributed by atoms with Gasteiger partial charge in [0.25, 0.3) is 0 Å². The predicted molar refractivity (Wildman–Crippen MR) is 47.4 cm³/mol. The number of hydrogen-bond acceptors (Lipinski definition) is 3. The van der Waals surface area contributed by atoms with E-state index in [1.807, 2.05) is 0 Å². The van der Waals surface area contributed by atoms with Gasteiger partial charge in [-0.05, 0) is 19.4 Å². The largest absolute Gasteiger partial charge is 0.415 e. The summed E-state index contributed by atoms with van der Waals surface area (Å²) >= 11 is 0. The second kappa shape index (κ2) is 4.66. The third-order valence-electron chi connectivity index (χ3n) is 2.29. The Morgan fingerprint density at radius 1 is 1.38 bits per heavy atom. The highest BCUT2D eigenvalue weighted by atomic mass is 16.5. The number of nitriles is 1. The molecule has 0 aliphatic heterocycles. The van der Waals surface area contributed by atoms with Gasteiger partial charge in [-0.15, -0.1) is 0 Å². The van der Waals surface area contributed by atoms with Crippen LogP contribution in [0.3, 0.4) is 0 Å². The van der Waals surface area contributed by atoms with E-state index in [1.165, 1.54) is 6.42 Å². The summed E-state index contributed by atoms with van der Waals surface area (Å²) in [5.74, 6) is -0.402. The molecule has 0 atom stereocenters. The Morgan fingerprint density at radius 2 is 2.00 bits per heavy atom. The molecular formula is C10H13NO2. The molecule has 0 aromatic heterocycles. The number of carbonyl (C=O) groups is 1. The monoisotopic (exact) mass is 179 g/mol. The second-order valence-electron chi connectivity index (χ2n) is 3.29. The molecule has 3 heteroatoms. The maximum Gasteiger partial charge on any atom is 0.315 e. The van der Waals surface area contributed by atoms with Crippen molar-refractivity contribution < 1.29 is 9.53 Å². The van der Waals surface area contributed by atoms with Crippen LogP contribution in [-0.2, 0) is 9.53 Å². The van der Waals surface area contributed by atoms with Crippen molar-refractivity contribution in [1.29, 1.82) is 5.26 Å². The SMILES string of the molecule is C=C(C#N)OC(=O)C1CCCCC1. The van der Waals surface area contributed by atoms with Gasteiger partial charge in [-0.3, -0.25) is 4.79 Å². The molecule has 1 saturated carbocycles. The minimum Gasteiger partial charge on any atom is -0.415 e. The number of allylic oxidation sites excluding steroid dienone is 1. The predicted octanol–water partition coefficient (Wildman–Crippen LogP) is 2.15. The van der Waals surface area contributed by atoms with E-state index in [0.29, 0.717) is 0 Å². The quantitative estimate of drug-likeness (QED) is 0.370. The second-order valence-corrected chi connectivity index (χ2v) is 3.29. The molecule has 0 radical (unpaired) electrons. The van der Waals surface area contributed by atoms with Crippen molar-refractivity contribution in [3.05, 3.63) is 12.3 Å². The summed E-state index contributed by atoms with van der Waals surface area (Å²) in [7, 11) is 0. The average molecular weight is 179 g/mol. The van der Waals surface area contributed by atoms with Crippen molar-refractivity contribution in [2.24, 2.45) is 5.92 Å². The van der Waals surface area contributed by atoms with Gasteiger partial charge in [-0.25, -0.2) is 0 Å². The van der Waals surface area contributed by atoms with E-state index in [4.69, 9.17) is 10.00 Å². The molecule has 0 heterocycles. The molecule has 0 N–H and O–H groups in total. The molecule has 0 bridgehead atoms. The van der Waals surface area contributed by atoms with Gasteiger partial charge in [0.2, 0.25) is 0 Å². The van der Waals surface area contributed by atoms with Crippen molar-refractivity contribution in [1.82, 2.24) is 0 Å². The molecule has 70 valence electrons. The molecule has 0 spiro atoms. The Balaban J connectivity index is 2.38. The number of nitrogens with zero attached hydrogens (tertiary/aromatic N) is 1. The first-order valence-corrected chi connectivity index (χ1v) is 4.54. The van der Waals surface area contributed by atoms with Crippen molar-refractivity contribution >= 4 is 5.97 Å². The third-order valence-corrected chi connectivity index (χ3v) is 2.29. The molecule has 0 unspecified atom stereocenters. The van der Waals surface area contributed by atoms with Crippen LogP contribution in [0.2, 0.25) is 0 Å². The van der Waals surface area contributed by atoms with Gasteiger partial charge in [0, 0.05) is 0 Å². The number of rotatable bonds is 2. The molecule has 0 saturated heterocycles. The van der Waals surface area contributed by atoms with Gasteiger partial charge >= 0.3 is 5.97 Å². The van der Waals surface area contributed by atoms with E-state index < -0.39 is 0 Å². The maximum absolute atomic E-state index is 11.3. The van der Waals surface area contributed by atoms with Crippen LogP contribution in [0.25, 0.3) is 0 Å². The number of esters is 1. The Bertz CT molecular complexity index is 246. The zero-order chi connectivity index (χ0) is 9.68. The molecule has 0 aromatic rings. The zero-order valence-corrected chi connectivity index (χ0v) is 7.58. The van der Waals surface area contributed by atoms with Gasteiger partial charge < -0.3 is 4.74 Å². The lowest BCUT2D eigenvalue weighted by Crippen LogP contribution is -2.19. The van der Waals surface area contributed by atoms with Crippen LogP contribution in [0, 0.1) is 17.2 Å². The number of hydrogen-bond donors (Lipinski definition) is 0. The van der Waals surface area contributed by atoms with Crippen molar-refractivity contribution in [3.63, 3.8) is 0 Å². The first kappa shape index (κ1) is 9.79. The van der Waals surface area contributed by atoms with Gasteiger partial charge in [-0.2, -0.15) is 5.26 Å². The summed E-state index contributed by atoms with van der Waals surface area (Å²) in [5.41, 5.74) is 0. The zero-order valence-electron chi connectivity index (χ0n) is 7.58. The Morgan fingerprint density at radius 3 is 2.54 bits per heavy atom. The fourth-order valence-corrected chi connectivity index (χ4v) is 1.57. The maximum atomic E-state index is 11.3. The van der Waals surface area contributed by atoms with E-state index in [9.17, 15) is 4.79 Å². The van der Waals surface area contributed by atoms with Crippen LogP contribution < -0.4 is 0 Å². The fraction of sp³-hybridized carbons (Fsp3) is 0.600. The van der Waals surface area contributed by atoms with Crippen LogP contribution in [0.1, 0.15) is 32.1 Å². The molecular weight excluding hydrogens is 166 g/mol. The van der Waals surface area contributed by atoms with Gasteiger partial charge in [0.1, 0.15) is 6.07 Å². The minimum atomic E-state index is -0.286. The summed E-state index contributed by atoms with van der Waals surface area (Å²) in [6.45, 7) is 3.30. The highest BCUT2D eigenvalue weighted by Gasteiger charge is 2.22. The first-order valence-electron chi connectivity index (χ1n) is 4.54. The lowest BCUT2D eigenvalue weighted by atomic mass is 9.89. The lowest BCUT2D eigenvalue weighted by Gasteiger charge is -2.19. The highest BCUT2D eigenvalue weighted by Crippen LogP contribution is 2.25. The smallest absolute Gasteiger partial charge is 0.315 e. The Labute approximate surface area is 78.0 Å². The van der Waals surface area contributed by atoms with Gasteiger partial charge in [0.05, 0.1) is 5.92 Å².